The number of phenols is 2. The van der Waals surface area contributed by atoms with E-state index in [4.69, 9.17) is 10.2 Å². The van der Waals surface area contributed by atoms with E-state index >= 15 is 0 Å². The lowest BCUT2D eigenvalue weighted by Crippen LogP contribution is -1.93. The first-order valence-electron chi connectivity index (χ1n) is 4.12. The van der Waals surface area contributed by atoms with Crippen LogP contribution < -0.4 is 0 Å². The first kappa shape index (κ1) is 9.86. The van der Waals surface area contributed by atoms with Crippen LogP contribution in [0.2, 0.25) is 0 Å². The minimum absolute atomic E-state index is 0.128. The highest BCUT2D eigenvalue weighted by atomic mass is 16.3. The lowest BCUT2D eigenvalue weighted by Gasteiger charge is -2.05. The minimum atomic E-state index is 0.128. The van der Waals surface area contributed by atoms with Crippen LogP contribution in [0.15, 0.2) is 18.2 Å². The molecule has 3 nitrogen and oxygen atoms in total. The van der Waals surface area contributed by atoms with Gasteiger partial charge in [0.1, 0.15) is 11.5 Å². The summed E-state index contributed by atoms with van der Waals surface area (Å²) in [5.41, 5.74) is 0.647. The van der Waals surface area contributed by atoms with Crippen LogP contribution in [-0.4, -0.2) is 15.3 Å². The van der Waals surface area contributed by atoms with Crippen molar-refractivity contribution in [3.05, 3.63) is 29.9 Å². The second-order valence-electron chi connectivity index (χ2n) is 3.05. The van der Waals surface area contributed by atoms with E-state index in [9.17, 15) is 5.11 Å². The zero-order valence-electron chi connectivity index (χ0n) is 7.49. The van der Waals surface area contributed by atoms with Gasteiger partial charge in [0.15, 0.2) is 0 Å². The third kappa shape index (κ3) is 2.95. The average Bonchev–Trinajstić information content (AvgIpc) is 2.06. The van der Waals surface area contributed by atoms with Crippen LogP contribution in [0.4, 0.5) is 0 Å². The van der Waals surface area contributed by atoms with E-state index in [0.29, 0.717) is 24.5 Å². The summed E-state index contributed by atoms with van der Waals surface area (Å²) in [6.07, 6.45) is 1.35. The smallest absolute Gasteiger partial charge is 0.119 e. The lowest BCUT2D eigenvalue weighted by molar-refractivity contribution is 0.295. The van der Waals surface area contributed by atoms with Crippen molar-refractivity contribution >= 4 is 0 Å². The van der Waals surface area contributed by atoms with E-state index in [2.05, 4.69) is 0 Å². The van der Waals surface area contributed by atoms with Crippen molar-refractivity contribution < 1.29 is 15.3 Å². The summed E-state index contributed by atoms with van der Waals surface area (Å²) in [5.74, 6) is 0.280. The largest absolute Gasteiger partial charge is 0.508 e. The Labute approximate surface area is 77.3 Å². The summed E-state index contributed by atoms with van der Waals surface area (Å²) in [4.78, 5) is 0. The van der Waals surface area contributed by atoms with Gasteiger partial charge >= 0.3 is 0 Å². The number of aliphatic hydroxyl groups is 1. The fourth-order valence-electron chi connectivity index (χ4n) is 1.09. The van der Waals surface area contributed by atoms with Gasteiger partial charge in [-0.2, -0.15) is 0 Å². The quantitative estimate of drug-likeness (QED) is 0.624. The lowest BCUT2D eigenvalue weighted by atomic mass is 10.1. The van der Waals surface area contributed by atoms with Crippen molar-refractivity contribution in [2.24, 2.45) is 0 Å². The Morgan fingerprint density at radius 1 is 1.31 bits per heavy atom. The second kappa shape index (κ2) is 4.14. The average molecular weight is 181 g/mol. The fourth-order valence-corrected chi connectivity index (χ4v) is 1.09. The molecule has 0 saturated carbocycles. The molecule has 0 fully saturated rings. The molecule has 0 atom stereocenters. The molecule has 3 heteroatoms. The Morgan fingerprint density at radius 2 is 2.00 bits per heavy atom. The van der Waals surface area contributed by atoms with E-state index in [-0.39, 0.29) is 11.5 Å². The summed E-state index contributed by atoms with van der Waals surface area (Å²) in [6.45, 7) is 1.61. The Kier molecular flexibility index (Phi) is 3.14. The first-order valence-corrected chi connectivity index (χ1v) is 4.12. The molecule has 0 heterocycles. The molecule has 0 aliphatic rings. The van der Waals surface area contributed by atoms with Crippen molar-refractivity contribution in [3.8, 4) is 11.5 Å². The molecule has 0 unspecified atom stereocenters. The molecule has 1 aromatic carbocycles. The Morgan fingerprint density at radius 3 is 2.62 bits per heavy atom. The molecule has 1 aromatic rings. The first-order chi connectivity index (χ1) is 6.09. The number of aromatic hydroxyl groups is 2. The van der Waals surface area contributed by atoms with Crippen molar-refractivity contribution in [3.63, 3.8) is 0 Å². The molecule has 0 aliphatic carbocycles. The van der Waals surface area contributed by atoms with Crippen molar-refractivity contribution in [2.45, 2.75) is 19.8 Å². The molecule has 0 spiro atoms. The summed E-state index contributed by atoms with van der Waals surface area (Å²) in [7, 11) is 0. The minimum Gasteiger partial charge on any atom is -0.508 e. The molecular formula is C10H13O3. The van der Waals surface area contributed by atoms with Gasteiger partial charge in [0, 0.05) is 0 Å². The van der Waals surface area contributed by atoms with E-state index in [1.54, 1.807) is 6.92 Å². The van der Waals surface area contributed by atoms with Crippen molar-refractivity contribution in [2.75, 3.05) is 0 Å². The Bertz CT molecular complexity index is 281. The molecule has 1 rings (SSSR count). The van der Waals surface area contributed by atoms with Gasteiger partial charge in [0.2, 0.25) is 0 Å². The van der Waals surface area contributed by atoms with Gasteiger partial charge in [-0.1, -0.05) is 0 Å². The monoisotopic (exact) mass is 181 g/mol. The van der Waals surface area contributed by atoms with Crippen LogP contribution in [0.3, 0.4) is 0 Å². The van der Waals surface area contributed by atoms with Gasteiger partial charge in [-0.3, -0.25) is 0 Å². The predicted octanol–water partition coefficient (Wildman–Crippen LogP) is 1.95. The Hall–Kier alpha value is -1.22. The van der Waals surface area contributed by atoms with Crippen molar-refractivity contribution in [1.82, 2.24) is 0 Å². The molecule has 0 bridgehead atoms. The normalized spacial score (nSPS) is 10.7. The highest BCUT2D eigenvalue weighted by Crippen LogP contribution is 2.24. The SMILES string of the molecule is C[C](O)CCc1cc(O)ccc1O. The maximum absolute atomic E-state index is 9.35. The fraction of sp³-hybridized carbons (Fsp3) is 0.300. The molecule has 0 amide bonds. The van der Waals surface area contributed by atoms with E-state index in [1.807, 2.05) is 0 Å². The third-order valence-electron chi connectivity index (χ3n) is 1.82. The molecule has 71 valence electrons. The van der Waals surface area contributed by atoms with E-state index in [1.165, 1.54) is 18.2 Å². The summed E-state index contributed by atoms with van der Waals surface area (Å²) < 4.78 is 0. The number of rotatable bonds is 3. The molecule has 1 radical (unpaired) electrons. The predicted molar refractivity (Wildman–Crippen MR) is 48.9 cm³/mol. The van der Waals surface area contributed by atoms with Gasteiger partial charge in [-0.15, -0.1) is 0 Å². The number of aryl methyl sites for hydroxylation is 1. The number of hydrogen-bond acceptors (Lipinski definition) is 3. The molecule has 13 heavy (non-hydrogen) atoms. The van der Waals surface area contributed by atoms with Crippen LogP contribution >= 0.6 is 0 Å². The maximum atomic E-state index is 9.35. The van der Waals surface area contributed by atoms with Gasteiger partial charge in [-0.05, 0) is 43.5 Å². The van der Waals surface area contributed by atoms with Gasteiger partial charge in [0.25, 0.3) is 0 Å². The van der Waals surface area contributed by atoms with Crippen LogP contribution in [0.1, 0.15) is 18.9 Å². The number of aliphatic hydroxyl groups excluding tert-OH is 1. The van der Waals surface area contributed by atoms with Gasteiger partial charge < -0.3 is 15.3 Å². The van der Waals surface area contributed by atoms with Crippen molar-refractivity contribution in [1.29, 1.82) is 0 Å². The molecule has 3 N–H and O–H groups in total. The molecule has 0 aliphatic heterocycles. The molecule has 0 aromatic heterocycles. The summed E-state index contributed by atoms with van der Waals surface area (Å²) >= 11 is 0. The Balaban J connectivity index is 2.70. The van der Waals surface area contributed by atoms with Gasteiger partial charge in [0.05, 0.1) is 6.10 Å². The molecule has 0 saturated heterocycles. The van der Waals surface area contributed by atoms with Gasteiger partial charge in [-0.25, -0.2) is 0 Å². The van der Waals surface area contributed by atoms with Crippen LogP contribution in [0, 0.1) is 6.10 Å². The summed E-state index contributed by atoms with van der Waals surface area (Å²) in [6, 6.07) is 4.37. The molecular weight excluding hydrogens is 168 g/mol. The topological polar surface area (TPSA) is 60.7 Å². The second-order valence-corrected chi connectivity index (χ2v) is 3.05. The summed E-state index contributed by atoms with van der Waals surface area (Å²) in [5, 5.41) is 27.4. The standard InChI is InChI=1S/C10H13O3/c1-7(11)2-3-8-6-9(12)4-5-10(8)13/h4-6,11-13H,2-3H2,1H3. The number of benzene rings is 1. The maximum Gasteiger partial charge on any atom is 0.119 e. The highest BCUT2D eigenvalue weighted by Gasteiger charge is 2.04. The van der Waals surface area contributed by atoms with Crippen LogP contribution in [-0.2, 0) is 6.42 Å². The number of hydrogen-bond donors (Lipinski definition) is 3. The number of phenolic OH excluding ortho intramolecular Hbond substituents is 2. The zero-order valence-corrected chi connectivity index (χ0v) is 7.49. The van der Waals surface area contributed by atoms with E-state index in [0.717, 1.165) is 0 Å². The zero-order chi connectivity index (χ0) is 9.84. The van der Waals surface area contributed by atoms with Crippen LogP contribution in [0.25, 0.3) is 0 Å². The van der Waals surface area contributed by atoms with Crippen LogP contribution in [0.5, 0.6) is 11.5 Å². The highest BCUT2D eigenvalue weighted by molar-refractivity contribution is 5.38. The third-order valence-corrected chi connectivity index (χ3v) is 1.82. The van der Waals surface area contributed by atoms with E-state index < -0.39 is 0 Å².